The van der Waals surface area contributed by atoms with E-state index in [2.05, 4.69) is 0 Å². The average molecular weight is 264 g/mol. The van der Waals surface area contributed by atoms with Gasteiger partial charge in [-0.25, -0.2) is 0 Å². The summed E-state index contributed by atoms with van der Waals surface area (Å²) in [6, 6.07) is 0. The Morgan fingerprint density at radius 2 is 0.722 bits per heavy atom. The molecule has 0 unspecified atom stereocenters. The van der Waals surface area contributed by atoms with Gasteiger partial charge < -0.3 is 34.4 Å². The van der Waals surface area contributed by atoms with E-state index in [-0.39, 0.29) is 0 Å². The molecule has 20 N–H and O–H groups in total. The summed E-state index contributed by atoms with van der Waals surface area (Å²) in [4.78, 5) is 0. The van der Waals surface area contributed by atoms with Crippen LogP contribution >= 0.6 is 0 Å². The maximum Gasteiger partial charge on any atom is 0.243 e. The zero-order chi connectivity index (χ0) is 15.0. The molecule has 108 valence electrons. The first kappa shape index (κ1) is 15.6. The maximum absolute atomic E-state index is 5.97. The van der Waals surface area contributed by atoms with E-state index in [9.17, 15) is 0 Å². The summed E-state index contributed by atoms with van der Waals surface area (Å²) < 4.78 is -0.490. The van der Waals surface area contributed by atoms with Gasteiger partial charge in [0.2, 0.25) is 11.6 Å². The van der Waals surface area contributed by atoms with Crippen LogP contribution in [0.1, 0.15) is 0 Å². The predicted molar refractivity (Wildman–Crippen MR) is 67.6 cm³/mol. The molecule has 1 rings (SSSR count). The standard InChI is InChI=1S/C7H26N11/c1-18(2)6(14,15)4(10,11)3(8,9)5(12,13)7(18,16)17/h8-17H2,1-2H3/q+1. The summed E-state index contributed by atoms with van der Waals surface area (Å²) in [5, 5.41) is 0. The van der Waals surface area contributed by atoms with Crippen molar-refractivity contribution in [1.29, 1.82) is 0 Å². The third-order valence-electron chi connectivity index (χ3n) is 4.54. The lowest BCUT2D eigenvalue weighted by Crippen LogP contribution is -3.13. The highest BCUT2D eigenvalue weighted by atomic mass is 15.7. The van der Waals surface area contributed by atoms with Gasteiger partial charge >= 0.3 is 0 Å². The van der Waals surface area contributed by atoms with Crippen LogP contribution in [0.25, 0.3) is 0 Å². The van der Waals surface area contributed by atoms with Gasteiger partial charge in [-0.05, 0) is 0 Å². The lowest BCUT2D eigenvalue weighted by molar-refractivity contribution is -1.01. The molecule has 0 aliphatic carbocycles. The van der Waals surface area contributed by atoms with Gasteiger partial charge in [-0.2, -0.15) is 0 Å². The van der Waals surface area contributed by atoms with E-state index in [1.807, 2.05) is 0 Å². The molecule has 0 spiro atoms. The van der Waals surface area contributed by atoms with Gasteiger partial charge in [0.15, 0.2) is 11.3 Å². The normalized spacial score (nSPS) is 34.0. The van der Waals surface area contributed by atoms with Gasteiger partial charge in [0.05, 0.1) is 14.1 Å². The monoisotopic (exact) mass is 264 g/mol. The number of hydrogen-bond acceptors (Lipinski definition) is 10. The highest BCUT2D eigenvalue weighted by molar-refractivity contribution is 5.24. The van der Waals surface area contributed by atoms with Crippen LogP contribution in [0.3, 0.4) is 0 Å². The zero-order valence-electron chi connectivity index (χ0n) is 10.7. The Labute approximate surface area is 105 Å². The smallest absolute Gasteiger partial charge is 0.243 e. The molecular weight excluding hydrogens is 238 g/mol. The summed E-state index contributed by atoms with van der Waals surface area (Å²) in [6.07, 6.45) is 0. The van der Waals surface area contributed by atoms with Crippen molar-refractivity contribution in [2.45, 2.75) is 28.6 Å². The van der Waals surface area contributed by atoms with E-state index >= 15 is 0 Å². The second-order valence-electron chi connectivity index (χ2n) is 5.71. The molecular formula is C7H26N11+. The number of likely N-dealkylation sites (N-methyl/N-ethyl adjacent to an activating group) is 1. The molecule has 0 aromatic heterocycles. The van der Waals surface area contributed by atoms with E-state index < -0.39 is 33.0 Å². The Morgan fingerprint density at radius 1 is 0.500 bits per heavy atom. The van der Waals surface area contributed by atoms with Gasteiger partial charge in [0.1, 0.15) is 5.66 Å². The van der Waals surface area contributed by atoms with Crippen molar-refractivity contribution in [3.63, 3.8) is 0 Å². The first-order valence-electron chi connectivity index (χ1n) is 5.23. The molecule has 11 nitrogen and oxygen atoms in total. The average Bonchev–Trinajstić information content (AvgIpc) is 2.14. The summed E-state index contributed by atoms with van der Waals surface area (Å²) in [6.45, 7) is 0. The SMILES string of the molecule is C[N+]1(C)C(N)(N)C(N)(N)C(N)(N)C(N)(N)C1(N)N. The van der Waals surface area contributed by atoms with Crippen molar-refractivity contribution in [3.8, 4) is 0 Å². The van der Waals surface area contributed by atoms with E-state index in [4.69, 9.17) is 57.3 Å². The van der Waals surface area contributed by atoms with Crippen LogP contribution in [0.4, 0.5) is 0 Å². The van der Waals surface area contributed by atoms with Crippen LogP contribution < -0.4 is 57.3 Å². The lowest BCUT2D eigenvalue weighted by atomic mass is 9.69. The Balaban J connectivity index is 3.72. The van der Waals surface area contributed by atoms with E-state index in [1.165, 1.54) is 14.1 Å². The second kappa shape index (κ2) is 3.17. The van der Waals surface area contributed by atoms with Crippen LogP contribution in [0, 0.1) is 0 Å². The summed E-state index contributed by atoms with van der Waals surface area (Å²) in [7, 11) is 2.97. The Morgan fingerprint density at radius 3 is 0.944 bits per heavy atom. The van der Waals surface area contributed by atoms with Crippen LogP contribution in [0.15, 0.2) is 0 Å². The molecule has 0 amide bonds. The number of likely N-dealkylation sites (tertiary alicyclic amines) is 1. The number of nitrogens with zero attached hydrogens (tertiary/aromatic N) is 1. The molecule has 0 radical (unpaired) electrons. The number of rotatable bonds is 0. The fraction of sp³-hybridized carbons (Fsp3) is 1.00. The van der Waals surface area contributed by atoms with Crippen LogP contribution in [-0.2, 0) is 0 Å². The first-order chi connectivity index (χ1) is 7.50. The van der Waals surface area contributed by atoms with E-state index in [1.54, 1.807) is 0 Å². The summed E-state index contributed by atoms with van der Waals surface area (Å²) >= 11 is 0. The molecule has 0 bridgehead atoms. The Kier molecular flexibility index (Phi) is 2.75. The highest BCUT2D eigenvalue weighted by Gasteiger charge is 2.80. The minimum absolute atomic E-state index is 0.490. The number of hydrogen-bond donors (Lipinski definition) is 10. The minimum atomic E-state index is -2.11. The number of piperidine rings is 1. The van der Waals surface area contributed by atoms with Crippen molar-refractivity contribution in [2.24, 2.45) is 57.3 Å². The van der Waals surface area contributed by atoms with Crippen LogP contribution in [-0.4, -0.2) is 47.1 Å². The molecule has 18 heavy (non-hydrogen) atoms. The molecule has 1 fully saturated rings. The lowest BCUT2D eigenvalue weighted by Gasteiger charge is -2.70. The van der Waals surface area contributed by atoms with Gasteiger partial charge in [0, 0.05) is 0 Å². The minimum Gasteiger partial charge on any atom is -0.307 e. The van der Waals surface area contributed by atoms with Gasteiger partial charge in [0.25, 0.3) is 0 Å². The van der Waals surface area contributed by atoms with Crippen molar-refractivity contribution in [1.82, 2.24) is 0 Å². The second-order valence-corrected chi connectivity index (χ2v) is 5.71. The van der Waals surface area contributed by atoms with Crippen molar-refractivity contribution in [3.05, 3.63) is 0 Å². The predicted octanol–water partition coefficient (Wildman–Crippen LogP) is -6.94. The van der Waals surface area contributed by atoms with E-state index in [0.717, 1.165) is 0 Å². The molecule has 11 heteroatoms. The molecule has 0 saturated carbocycles. The fourth-order valence-corrected chi connectivity index (χ4v) is 2.24. The highest BCUT2D eigenvalue weighted by Crippen LogP contribution is 2.40. The molecule has 1 saturated heterocycles. The zero-order valence-corrected chi connectivity index (χ0v) is 10.7. The topological polar surface area (TPSA) is 260 Å². The Hall–Kier alpha value is -0.440. The van der Waals surface area contributed by atoms with Crippen molar-refractivity contribution in [2.75, 3.05) is 14.1 Å². The Bertz CT molecular complexity index is 249. The molecule has 0 aromatic rings. The van der Waals surface area contributed by atoms with Gasteiger partial charge in [-0.1, -0.05) is 0 Å². The number of nitrogens with two attached hydrogens (primary N) is 10. The maximum atomic E-state index is 5.97. The third-order valence-corrected chi connectivity index (χ3v) is 4.54. The van der Waals surface area contributed by atoms with Gasteiger partial charge in [-0.15, -0.1) is 0 Å². The first-order valence-corrected chi connectivity index (χ1v) is 5.23. The van der Waals surface area contributed by atoms with Crippen LogP contribution in [0.2, 0.25) is 0 Å². The van der Waals surface area contributed by atoms with E-state index in [0.29, 0.717) is 0 Å². The van der Waals surface area contributed by atoms with Crippen molar-refractivity contribution < 1.29 is 4.48 Å². The van der Waals surface area contributed by atoms with Crippen LogP contribution in [0.5, 0.6) is 0 Å². The molecule has 1 aliphatic rings. The number of quaternary nitrogens is 1. The summed E-state index contributed by atoms with van der Waals surface area (Å²) in [5.74, 6) is -3.75. The molecule has 1 heterocycles. The van der Waals surface area contributed by atoms with Crippen molar-refractivity contribution >= 4 is 0 Å². The van der Waals surface area contributed by atoms with Gasteiger partial charge in [-0.3, -0.25) is 27.4 Å². The molecule has 0 aromatic carbocycles. The quantitative estimate of drug-likeness (QED) is 0.146. The molecule has 1 aliphatic heterocycles. The molecule has 0 atom stereocenters. The largest absolute Gasteiger partial charge is 0.307 e. The third kappa shape index (κ3) is 1.15. The summed E-state index contributed by atoms with van der Waals surface area (Å²) in [5.41, 5.74) is 53.0. The fourth-order valence-electron chi connectivity index (χ4n) is 2.24.